The van der Waals surface area contributed by atoms with Crippen LogP contribution >= 0.6 is 0 Å². The molecule has 0 bridgehead atoms. The van der Waals surface area contributed by atoms with E-state index in [1.54, 1.807) is 6.92 Å². The fraction of sp³-hybridized carbons (Fsp3) is 0.200. The lowest BCUT2D eigenvalue weighted by atomic mass is 10.0. The minimum absolute atomic E-state index is 0.0867. The lowest BCUT2D eigenvalue weighted by Crippen LogP contribution is -2.14. The number of nitrogens with two attached hydrogens (primary N) is 1. The lowest BCUT2D eigenvalue weighted by Gasteiger charge is -2.12. The molecule has 0 aromatic heterocycles. The molecule has 4 heteroatoms. The van der Waals surface area contributed by atoms with Crippen molar-refractivity contribution in [3.8, 4) is 0 Å². The Kier molecular flexibility index (Phi) is 2.96. The lowest BCUT2D eigenvalue weighted by molar-refractivity contribution is 0.438. The molecule has 0 saturated heterocycles. The topological polar surface area (TPSA) is 26.0 Å². The largest absolute Gasteiger partial charge is 0.320 e. The van der Waals surface area contributed by atoms with Crippen LogP contribution in [0.25, 0.3) is 0 Å². The first kappa shape index (κ1) is 10.8. The van der Waals surface area contributed by atoms with E-state index in [-0.39, 0.29) is 5.56 Å². The van der Waals surface area contributed by atoms with Gasteiger partial charge >= 0.3 is 0 Å². The Hall–Kier alpha value is -1.29. The average molecular weight is 201 g/mol. The third-order valence-corrected chi connectivity index (χ3v) is 1.93. The Bertz CT molecular complexity index is 374. The van der Waals surface area contributed by atoms with Gasteiger partial charge in [-0.25, -0.2) is 13.2 Å². The molecule has 0 amide bonds. The summed E-state index contributed by atoms with van der Waals surface area (Å²) in [6, 6.07) is 1.15. The van der Waals surface area contributed by atoms with Crippen molar-refractivity contribution in [1.82, 2.24) is 0 Å². The normalized spacial score (nSPS) is 12.6. The van der Waals surface area contributed by atoms with Crippen molar-refractivity contribution in [2.75, 3.05) is 0 Å². The van der Waals surface area contributed by atoms with E-state index in [1.165, 1.54) is 0 Å². The van der Waals surface area contributed by atoms with Crippen LogP contribution < -0.4 is 5.73 Å². The summed E-state index contributed by atoms with van der Waals surface area (Å²) in [4.78, 5) is 0. The fourth-order valence-corrected chi connectivity index (χ4v) is 1.05. The van der Waals surface area contributed by atoms with Crippen molar-refractivity contribution in [3.05, 3.63) is 47.3 Å². The molecule has 0 radical (unpaired) electrons. The smallest absolute Gasteiger partial charge is 0.194 e. The highest BCUT2D eigenvalue weighted by Gasteiger charge is 2.18. The molecular weight excluding hydrogens is 191 g/mol. The van der Waals surface area contributed by atoms with Crippen LogP contribution in [0.15, 0.2) is 24.3 Å². The third-order valence-electron chi connectivity index (χ3n) is 1.93. The summed E-state index contributed by atoms with van der Waals surface area (Å²) in [5.74, 6) is -3.97. The zero-order valence-corrected chi connectivity index (χ0v) is 7.65. The molecule has 0 heterocycles. The molecule has 1 aromatic carbocycles. The monoisotopic (exact) mass is 201 g/mol. The molecule has 1 nitrogen and oxygen atoms in total. The summed E-state index contributed by atoms with van der Waals surface area (Å²) in [5.41, 5.74) is 5.92. The Morgan fingerprint density at radius 2 is 1.86 bits per heavy atom. The van der Waals surface area contributed by atoms with Crippen molar-refractivity contribution in [2.24, 2.45) is 5.73 Å². The van der Waals surface area contributed by atoms with Crippen LogP contribution in [0.2, 0.25) is 0 Å². The molecule has 1 aromatic rings. The Labute approximate surface area is 80.0 Å². The van der Waals surface area contributed by atoms with Crippen molar-refractivity contribution >= 4 is 0 Å². The molecule has 0 fully saturated rings. The summed E-state index contributed by atoms with van der Waals surface area (Å²) < 4.78 is 38.5. The predicted octanol–water partition coefficient (Wildman–Crippen LogP) is 2.68. The molecule has 0 aliphatic heterocycles. The first-order valence-electron chi connectivity index (χ1n) is 3.99. The number of hydrogen-bond donors (Lipinski definition) is 1. The van der Waals surface area contributed by atoms with Gasteiger partial charge in [-0.15, -0.1) is 0 Å². The van der Waals surface area contributed by atoms with Crippen molar-refractivity contribution in [2.45, 2.75) is 13.0 Å². The van der Waals surface area contributed by atoms with E-state index in [9.17, 15) is 13.2 Å². The Balaban J connectivity index is 3.24. The minimum atomic E-state index is -1.50. The zero-order chi connectivity index (χ0) is 10.9. The van der Waals surface area contributed by atoms with E-state index in [2.05, 4.69) is 6.58 Å². The van der Waals surface area contributed by atoms with Crippen molar-refractivity contribution in [1.29, 1.82) is 0 Å². The van der Waals surface area contributed by atoms with Gasteiger partial charge in [0.25, 0.3) is 0 Å². The second kappa shape index (κ2) is 3.84. The summed E-state index contributed by atoms with van der Waals surface area (Å²) >= 11 is 0. The van der Waals surface area contributed by atoms with Crippen LogP contribution in [0.1, 0.15) is 18.5 Å². The second-order valence-electron chi connectivity index (χ2n) is 3.09. The minimum Gasteiger partial charge on any atom is -0.320 e. The van der Waals surface area contributed by atoms with E-state index in [0.29, 0.717) is 5.57 Å². The van der Waals surface area contributed by atoms with E-state index in [0.717, 1.165) is 12.1 Å². The maximum Gasteiger partial charge on any atom is 0.194 e. The Morgan fingerprint density at radius 1 is 1.29 bits per heavy atom. The van der Waals surface area contributed by atoms with Crippen molar-refractivity contribution in [3.63, 3.8) is 0 Å². The molecular formula is C10H10F3N. The number of benzene rings is 1. The molecule has 76 valence electrons. The second-order valence-corrected chi connectivity index (χ2v) is 3.09. The quantitative estimate of drug-likeness (QED) is 0.577. The van der Waals surface area contributed by atoms with Crippen molar-refractivity contribution < 1.29 is 13.2 Å². The van der Waals surface area contributed by atoms with Crippen LogP contribution in [-0.2, 0) is 0 Å². The van der Waals surface area contributed by atoms with Gasteiger partial charge in [-0.2, -0.15) is 0 Å². The van der Waals surface area contributed by atoms with E-state index in [1.807, 2.05) is 0 Å². The molecule has 1 rings (SSSR count). The van der Waals surface area contributed by atoms with Gasteiger partial charge in [-0.3, -0.25) is 0 Å². The summed E-state index contributed by atoms with van der Waals surface area (Å²) in [5, 5.41) is 0. The highest BCUT2D eigenvalue weighted by molar-refractivity contribution is 5.28. The molecule has 0 saturated carbocycles. The summed E-state index contributed by atoms with van der Waals surface area (Å²) in [7, 11) is 0. The molecule has 2 N–H and O–H groups in total. The molecule has 1 unspecified atom stereocenters. The maximum absolute atomic E-state index is 13.1. The van der Waals surface area contributed by atoms with Crippen LogP contribution in [0.5, 0.6) is 0 Å². The van der Waals surface area contributed by atoms with Gasteiger partial charge in [0.05, 0.1) is 6.04 Å². The summed E-state index contributed by atoms with van der Waals surface area (Å²) in [6.07, 6.45) is 0. The van der Waals surface area contributed by atoms with Gasteiger partial charge in [0.2, 0.25) is 0 Å². The first-order chi connectivity index (χ1) is 6.45. The first-order valence-corrected chi connectivity index (χ1v) is 3.99. The standard InChI is InChI=1S/C10H10F3N/c1-5(2)10(14)6-3-4-7(11)9(13)8(6)12/h3-4,10H,1,14H2,2H3. The molecule has 1 atom stereocenters. The number of rotatable bonds is 2. The van der Waals surface area contributed by atoms with Gasteiger partial charge in [-0.05, 0) is 13.0 Å². The van der Waals surface area contributed by atoms with Gasteiger partial charge in [0.1, 0.15) is 0 Å². The average Bonchev–Trinajstić information content (AvgIpc) is 2.13. The molecule has 0 aliphatic carbocycles. The van der Waals surface area contributed by atoms with Crippen LogP contribution in [0, 0.1) is 17.5 Å². The van der Waals surface area contributed by atoms with E-state index < -0.39 is 23.5 Å². The van der Waals surface area contributed by atoms with E-state index in [4.69, 9.17) is 5.73 Å². The SMILES string of the molecule is C=C(C)C(N)c1ccc(F)c(F)c1F. The van der Waals surface area contributed by atoms with Gasteiger partial charge < -0.3 is 5.73 Å². The zero-order valence-electron chi connectivity index (χ0n) is 7.65. The van der Waals surface area contributed by atoms with Gasteiger partial charge in [-0.1, -0.05) is 18.2 Å². The Morgan fingerprint density at radius 3 is 2.36 bits per heavy atom. The molecule has 14 heavy (non-hydrogen) atoms. The number of hydrogen-bond acceptors (Lipinski definition) is 1. The van der Waals surface area contributed by atoms with Crippen LogP contribution in [-0.4, -0.2) is 0 Å². The summed E-state index contributed by atoms with van der Waals surface area (Å²) in [6.45, 7) is 5.11. The van der Waals surface area contributed by atoms with Crippen LogP contribution in [0.4, 0.5) is 13.2 Å². The molecule has 0 spiro atoms. The highest BCUT2D eigenvalue weighted by atomic mass is 19.2. The highest BCUT2D eigenvalue weighted by Crippen LogP contribution is 2.23. The third kappa shape index (κ3) is 1.80. The van der Waals surface area contributed by atoms with Gasteiger partial charge in [0, 0.05) is 5.56 Å². The van der Waals surface area contributed by atoms with E-state index >= 15 is 0 Å². The van der Waals surface area contributed by atoms with Crippen LogP contribution in [0.3, 0.4) is 0 Å². The fourth-order valence-electron chi connectivity index (χ4n) is 1.05. The maximum atomic E-state index is 13.1. The predicted molar refractivity (Wildman–Crippen MR) is 48.1 cm³/mol. The number of halogens is 3. The van der Waals surface area contributed by atoms with Gasteiger partial charge in [0.15, 0.2) is 17.5 Å². The molecule has 0 aliphatic rings.